The van der Waals surface area contributed by atoms with Crippen molar-refractivity contribution < 1.29 is 81.8 Å². The number of rotatable bonds is 10. The number of quaternary nitrogens is 2. The second-order valence-electron chi connectivity index (χ2n) is 9.09. The Labute approximate surface area is 252 Å². The van der Waals surface area contributed by atoms with E-state index >= 15 is 0 Å². The Hall–Kier alpha value is -5.25. The molecule has 46 heavy (non-hydrogen) atoms. The minimum absolute atomic E-state index is 0.0111. The molecule has 16 nitrogen and oxygen atoms in total. The van der Waals surface area contributed by atoms with E-state index in [0.717, 1.165) is 0 Å². The second kappa shape index (κ2) is 16.7. The summed E-state index contributed by atoms with van der Waals surface area (Å²) in [5.41, 5.74) is 7.64. The zero-order chi connectivity index (χ0) is 35.4. The lowest BCUT2D eigenvalue weighted by atomic mass is 10.1. The first-order chi connectivity index (χ1) is 21.1. The van der Waals surface area contributed by atoms with E-state index in [-0.39, 0.29) is 29.3 Å². The molecule has 3 rings (SSSR count). The number of nitrogens with zero attached hydrogens (tertiary/aromatic N) is 3. The molecule has 254 valence electrons. The van der Waals surface area contributed by atoms with E-state index in [9.17, 15) is 45.8 Å². The first kappa shape index (κ1) is 38.8. The SMILES string of the molecule is O=C([O-])C(F)(F)F.O=C([O-])C(F)(F)F.[NH3+][C@H](Cc1cn(-c2cc3ccc(O)cc3oc2=O)nn1)C(=O)NCCCC[C@H]([NH3+])C(=O)O. The standard InChI is InChI=1S/C20H24N6O6.2C2HF3O2/c21-14(19(29)30)3-1-2-6-23-18(28)15(22)8-12-10-26(25-24-12)16-7-11-4-5-13(27)9-17(11)32-20(16)31;2*3-2(4,5)1(6)7/h4-5,7,9-10,14-15,27H,1-3,6,8,21-22H2,(H,23,28)(H,29,30);2*(H,6,7)/t14-,15+;;/m0../s1. The number of unbranched alkanes of at least 4 members (excludes halogenated alkanes) is 1. The van der Waals surface area contributed by atoms with E-state index in [1.54, 1.807) is 12.1 Å². The van der Waals surface area contributed by atoms with Crippen molar-refractivity contribution in [3.63, 3.8) is 0 Å². The molecule has 0 bridgehead atoms. The number of carboxylic acids is 3. The summed E-state index contributed by atoms with van der Waals surface area (Å²) in [6.07, 6.45) is -6.90. The van der Waals surface area contributed by atoms with Crippen LogP contribution < -0.4 is 32.6 Å². The molecule has 0 aliphatic rings. The smallest absolute Gasteiger partial charge is 0.430 e. The third-order valence-electron chi connectivity index (χ3n) is 5.41. The van der Waals surface area contributed by atoms with E-state index in [4.69, 9.17) is 29.3 Å². The van der Waals surface area contributed by atoms with Crippen molar-refractivity contribution in [2.24, 2.45) is 0 Å². The minimum atomic E-state index is -5.19. The van der Waals surface area contributed by atoms with E-state index in [1.807, 2.05) is 0 Å². The summed E-state index contributed by atoms with van der Waals surface area (Å²) in [5, 5.41) is 47.2. The summed E-state index contributed by atoms with van der Waals surface area (Å²) < 4.78 is 69.6. The molecular formula is C24H26F6N6O10. The van der Waals surface area contributed by atoms with Gasteiger partial charge in [-0.1, -0.05) is 5.21 Å². The number of nitrogens with one attached hydrogen (secondary N) is 1. The van der Waals surface area contributed by atoms with Crippen molar-refractivity contribution in [1.82, 2.24) is 20.3 Å². The van der Waals surface area contributed by atoms with Crippen LogP contribution in [0.1, 0.15) is 25.0 Å². The molecule has 1 amide bonds. The number of carbonyl (C=O) groups excluding carboxylic acids is 3. The molecule has 0 saturated carbocycles. The molecule has 9 N–H and O–H groups in total. The number of carbonyl (C=O) groups is 4. The second-order valence-corrected chi connectivity index (χ2v) is 9.09. The summed E-state index contributed by atoms with van der Waals surface area (Å²) in [4.78, 5) is 52.8. The number of halogens is 6. The van der Waals surface area contributed by atoms with Crippen LogP contribution in [0.2, 0.25) is 0 Å². The quantitative estimate of drug-likeness (QED) is 0.0809. The number of amides is 1. The zero-order valence-electron chi connectivity index (χ0n) is 23.3. The zero-order valence-corrected chi connectivity index (χ0v) is 23.3. The van der Waals surface area contributed by atoms with Gasteiger partial charge in [-0.2, -0.15) is 26.3 Å². The number of fused-ring (bicyclic) bond motifs is 1. The van der Waals surface area contributed by atoms with Gasteiger partial charge < -0.3 is 51.2 Å². The lowest BCUT2D eigenvalue weighted by Gasteiger charge is -2.08. The molecule has 0 fully saturated rings. The highest BCUT2D eigenvalue weighted by molar-refractivity contribution is 5.80. The van der Waals surface area contributed by atoms with Gasteiger partial charge in [0.25, 0.3) is 5.91 Å². The van der Waals surface area contributed by atoms with Crippen molar-refractivity contribution in [1.29, 1.82) is 0 Å². The number of benzene rings is 1. The molecule has 0 aliphatic heterocycles. The highest BCUT2D eigenvalue weighted by Crippen LogP contribution is 2.20. The number of aromatic nitrogens is 3. The Kier molecular flexibility index (Phi) is 14.1. The average Bonchev–Trinajstić information content (AvgIpc) is 3.39. The average molecular weight is 672 g/mol. The van der Waals surface area contributed by atoms with Crippen LogP contribution in [0.15, 0.2) is 39.7 Å². The minimum Gasteiger partial charge on any atom is -0.542 e. The summed E-state index contributed by atoms with van der Waals surface area (Å²) >= 11 is 0. The van der Waals surface area contributed by atoms with Gasteiger partial charge in [0.1, 0.15) is 23.3 Å². The van der Waals surface area contributed by atoms with Crippen molar-refractivity contribution in [2.75, 3.05) is 6.54 Å². The number of aromatic hydroxyl groups is 1. The fourth-order valence-corrected chi connectivity index (χ4v) is 3.10. The maximum atomic E-state index is 12.3. The normalized spacial score (nSPS) is 12.5. The number of hydrogen-bond donors (Lipinski definition) is 5. The number of phenolic OH excluding ortho intramolecular Hbond substituents is 1. The van der Waals surface area contributed by atoms with Gasteiger partial charge in [0.2, 0.25) is 0 Å². The van der Waals surface area contributed by atoms with Crippen LogP contribution in [0.4, 0.5) is 26.3 Å². The van der Waals surface area contributed by atoms with Gasteiger partial charge in [0, 0.05) is 24.4 Å². The molecule has 0 unspecified atom stereocenters. The Morgan fingerprint density at radius 2 is 1.54 bits per heavy atom. The van der Waals surface area contributed by atoms with Crippen LogP contribution in [0.3, 0.4) is 0 Å². The molecule has 2 heterocycles. The maximum Gasteiger partial charge on any atom is 0.430 e. The fraction of sp³-hybridized carbons (Fsp3) is 0.375. The van der Waals surface area contributed by atoms with Crippen LogP contribution in [-0.4, -0.2) is 80.0 Å². The van der Waals surface area contributed by atoms with Gasteiger partial charge in [0.05, 0.1) is 18.3 Å². The third-order valence-corrected chi connectivity index (χ3v) is 5.41. The first-order valence-corrected chi connectivity index (χ1v) is 12.5. The largest absolute Gasteiger partial charge is 0.542 e. The van der Waals surface area contributed by atoms with Crippen LogP contribution in [0.25, 0.3) is 16.7 Å². The molecule has 1 aromatic carbocycles. The molecule has 3 aromatic rings. The molecule has 0 radical (unpaired) electrons. The third kappa shape index (κ3) is 13.2. The lowest BCUT2D eigenvalue weighted by molar-refractivity contribution is -0.409. The molecule has 0 aliphatic carbocycles. The summed E-state index contributed by atoms with van der Waals surface area (Å²) in [6.45, 7) is 0.414. The molecule has 2 atom stereocenters. The predicted octanol–water partition coefficient (Wildman–Crippen LogP) is -3.19. The maximum absolute atomic E-state index is 12.3. The Morgan fingerprint density at radius 1 is 0.978 bits per heavy atom. The van der Waals surface area contributed by atoms with Crippen molar-refractivity contribution in [3.8, 4) is 11.4 Å². The predicted molar refractivity (Wildman–Crippen MR) is 133 cm³/mol. The molecule has 0 spiro atoms. The van der Waals surface area contributed by atoms with E-state index in [1.165, 1.54) is 23.0 Å². The topological polar surface area (TPSA) is 283 Å². The number of hydrogen-bond acceptors (Lipinski definition) is 11. The number of phenols is 1. The highest BCUT2D eigenvalue weighted by atomic mass is 19.4. The highest BCUT2D eigenvalue weighted by Gasteiger charge is 2.29. The van der Waals surface area contributed by atoms with E-state index < -0.39 is 48.0 Å². The Morgan fingerprint density at radius 3 is 2.07 bits per heavy atom. The van der Waals surface area contributed by atoms with Gasteiger partial charge in [-0.15, -0.1) is 5.10 Å². The summed E-state index contributed by atoms with van der Waals surface area (Å²) in [6, 6.07) is 4.76. The first-order valence-electron chi connectivity index (χ1n) is 12.5. The number of aliphatic carboxylic acids is 3. The lowest BCUT2D eigenvalue weighted by Crippen LogP contribution is -2.68. The molecule has 0 saturated heterocycles. The van der Waals surface area contributed by atoms with Gasteiger partial charge in [-0.05, 0) is 31.0 Å². The van der Waals surface area contributed by atoms with Crippen LogP contribution >= 0.6 is 0 Å². The molecule has 22 heteroatoms. The van der Waals surface area contributed by atoms with Crippen molar-refractivity contribution in [2.45, 2.75) is 50.1 Å². The van der Waals surface area contributed by atoms with Crippen LogP contribution in [0.5, 0.6) is 5.75 Å². The van der Waals surface area contributed by atoms with Gasteiger partial charge in [-0.3, -0.25) is 4.79 Å². The van der Waals surface area contributed by atoms with Crippen molar-refractivity contribution >= 4 is 34.8 Å². The van der Waals surface area contributed by atoms with Gasteiger partial charge in [-0.25, -0.2) is 14.3 Å². The molecular weight excluding hydrogens is 646 g/mol. The van der Waals surface area contributed by atoms with Crippen LogP contribution in [-0.2, 0) is 25.6 Å². The number of alkyl halides is 6. The Balaban J connectivity index is 0.000000629. The summed E-state index contributed by atoms with van der Waals surface area (Å²) in [7, 11) is 0. The van der Waals surface area contributed by atoms with Gasteiger partial charge >= 0.3 is 23.9 Å². The van der Waals surface area contributed by atoms with Gasteiger partial charge in [0.15, 0.2) is 17.8 Å². The molecule has 2 aromatic heterocycles. The fourth-order valence-electron chi connectivity index (χ4n) is 3.10. The van der Waals surface area contributed by atoms with E-state index in [2.05, 4.69) is 27.1 Å². The number of carboxylic acid groups (broad SMARTS) is 3. The van der Waals surface area contributed by atoms with Crippen LogP contribution in [0, 0.1) is 0 Å². The Bertz CT molecular complexity index is 1550. The van der Waals surface area contributed by atoms with Crippen molar-refractivity contribution in [3.05, 3.63) is 46.6 Å². The monoisotopic (exact) mass is 672 g/mol. The summed E-state index contributed by atoms with van der Waals surface area (Å²) in [5.74, 6) is -7.21. The van der Waals surface area contributed by atoms with E-state index in [0.29, 0.717) is 36.9 Å².